The number of ether oxygens (including phenoxy) is 2. The van der Waals surface area contributed by atoms with E-state index in [2.05, 4.69) is 35.8 Å². The predicted octanol–water partition coefficient (Wildman–Crippen LogP) is 6.11. The highest BCUT2D eigenvalue weighted by atomic mass is 32.2. The molecule has 0 spiro atoms. The Balaban J connectivity index is 1.72. The van der Waals surface area contributed by atoms with Crippen LogP contribution in [-0.2, 0) is 19.1 Å². The Labute approximate surface area is 221 Å². The third kappa shape index (κ3) is 5.52. The molecule has 37 heavy (non-hydrogen) atoms. The molecule has 0 aliphatic carbocycles. The fraction of sp³-hybridized carbons (Fsp3) is 0.286. The van der Waals surface area contributed by atoms with Crippen LogP contribution in [-0.4, -0.2) is 33.9 Å². The molecule has 2 heterocycles. The van der Waals surface area contributed by atoms with Gasteiger partial charge < -0.3 is 29.2 Å². The number of aromatic nitrogens is 2. The molecule has 2 aromatic heterocycles. The third-order valence-electron chi connectivity index (χ3n) is 6.05. The van der Waals surface area contributed by atoms with Gasteiger partial charge in [-0.05, 0) is 41.3 Å². The van der Waals surface area contributed by atoms with E-state index < -0.39 is 0 Å². The maximum Gasteiger partial charge on any atom is 0.272 e. The minimum Gasteiger partial charge on any atom is -0.492 e. The summed E-state index contributed by atoms with van der Waals surface area (Å²) in [7, 11) is 3.42. The lowest BCUT2D eigenvalue weighted by Gasteiger charge is -2.24. The van der Waals surface area contributed by atoms with E-state index >= 15 is 0 Å². The lowest BCUT2D eigenvalue weighted by molar-refractivity contribution is 0.101. The van der Waals surface area contributed by atoms with Crippen LogP contribution in [0.5, 0.6) is 17.2 Å². The first kappa shape index (κ1) is 26.4. The summed E-state index contributed by atoms with van der Waals surface area (Å²) < 4.78 is 16.9. The zero-order chi connectivity index (χ0) is 26.7. The van der Waals surface area contributed by atoms with E-state index in [1.165, 1.54) is 11.9 Å². The van der Waals surface area contributed by atoms with Gasteiger partial charge >= 0.3 is 0 Å². The summed E-state index contributed by atoms with van der Waals surface area (Å²) in [6.07, 6.45) is 3.53. The van der Waals surface area contributed by atoms with Crippen LogP contribution in [0.1, 0.15) is 42.5 Å². The molecule has 9 heteroatoms. The molecule has 0 atom stereocenters. The number of anilines is 2. The van der Waals surface area contributed by atoms with Crippen molar-refractivity contribution in [2.75, 3.05) is 23.4 Å². The number of aliphatic hydroxyl groups is 1. The van der Waals surface area contributed by atoms with Crippen molar-refractivity contribution in [1.82, 2.24) is 9.55 Å². The highest BCUT2D eigenvalue weighted by Gasteiger charge is 2.23. The van der Waals surface area contributed by atoms with Gasteiger partial charge in [0.05, 0.1) is 36.3 Å². The Kier molecular flexibility index (Phi) is 7.65. The van der Waals surface area contributed by atoms with E-state index in [9.17, 15) is 9.90 Å². The van der Waals surface area contributed by atoms with Crippen molar-refractivity contribution < 1.29 is 19.4 Å². The van der Waals surface area contributed by atoms with Crippen LogP contribution in [0.25, 0.3) is 10.9 Å². The van der Waals surface area contributed by atoms with Crippen LogP contribution in [0.4, 0.5) is 11.4 Å². The van der Waals surface area contributed by atoms with Gasteiger partial charge in [-0.15, -0.1) is 0 Å². The van der Waals surface area contributed by atoms with Crippen LogP contribution in [0.15, 0.2) is 54.7 Å². The van der Waals surface area contributed by atoms with Crippen molar-refractivity contribution in [2.24, 2.45) is 7.05 Å². The maximum atomic E-state index is 13.6. The number of hydrogen-bond donors (Lipinski definition) is 3. The summed E-state index contributed by atoms with van der Waals surface area (Å²) in [5.41, 5.74) is 4.08. The van der Waals surface area contributed by atoms with Crippen LogP contribution in [0.3, 0.4) is 0 Å². The lowest BCUT2D eigenvalue weighted by atomic mass is 9.86. The van der Waals surface area contributed by atoms with E-state index in [-0.39, 0.29) is 17.9 Å². The Morgan fingerprint density at radius 2 is 1.89 bits per heavy atom. The number of benzene rings is 2. The number of carbonyl (C=O) groups excluding carboxylic acids is 1. The second kappa shape index (κ2) is 10.7. The molecule has 4 aromatic rings. The fourth-order valence-corrected chi connectivity index (χ4v) is 4.53. The largest absolute Gasteiger partial charge is 0.492 e. The first-order valence-corrected chi connectivity index (χ1v) is 13.0. The van der Waals surface area contributed by atoms with Crippen molar-refractivity contribution in [1.29, 1.82) is 0 Å². The second-order valence-electron chi connectivity index (χ2n) is 9.64. The number of pyridine rings is 1. The highest BCUT2D eigenvalue weighted by molar-refractivity contribution is 7.99. The van der Waals surface area contributed by atoms with Crippen molar-refractivity contribution in [3.63, 3.8) is 0 Å². The Morgan fingerprint density at radius 3 is 2.57 bits per heavy atom. The average Bonchev–Trinajstić information content (AvgIpc) is 3.21. The molecule has 0 saturated heterocycles. The number of nitrogens with one attached hydrogen (secondary N) is 2. The number of fused-ring (bicyclic) bond motifs is 1. The molecule has 3 N–H and O–H groups in total. The van der Waals surface area contributed by atoms with Gasteiger partial charge in [0.1, 0.15) is 11.4 Å². The van der Waals surface area contributed by atoms with Gasteiger partial charge in [-0.3, -0.25) is 9.78 Å². The van der Waals surface area contributed by atoms with Gasteiger partial charge in [0.15, 0.2) is 11.5 Å². The normalized spacial score (nSPS) is 11.4. The summed E-state index contributed by atoms with van der Waals surface area (Å²) in [6.45, 7) is 6.20. The zero-order valence-electron chi connectivity index (χ0n) is 21.9. The number of nitrogens with zero attached hydrogens (tertiary/aromatic N) is 2. The lowest BCUT2D eigenvalue weighted by Crippen LogP contribution is -2.18. The van der Waals surface area contributed by atoms with Crippen molar-refractivity contribution in [2.45, 2.75) is 32.8 Å². The van der Waals surface area contributed by atoms with Crippen LogP contribution in [0.2, 0.25) is 0 Å². The molecule has 0 fully saturated rings. The maximum absolute atomic E-state index is 13.6. The summed E-state index contributed by atoms with van der Waals surface area (Å²) in [4.78, 5) is 17.7. The van der Waals surface area contributed by atoms with Gasteiger partial charge in [-0.1, -0.05) is 44.9 Å². The van der Waals surface area contributed by atoms with Gasteiger partial charge in [0.2, 0.25) is 0 Å². The van der Waals surface area contributed by atoms with Gasteiger partial charge in [-0.25, -0.2) is 0 Å². The molecular weight excluding hydrogens is 488 g/mol. The van der Waals surface area contributed by atoms with E-state index in [1.54, 1.807) is 25.4 Å². The molecule has 4 rings (SSSR count). The number of rotatable bonds is 8. The van der Waals surface area contributed by atoms with E-state index in [1.807, 2.05) is 54.3 Å². The van der Waals surface area contributed by atoms with Crippen molar-refractivity contribution in [3.8, 4) is 17.2 Å². The summed E-state index contributed by atoms with van der Waals surface area (Å²) in [5, 5.41) is 13.3. The van der Waals surface area contributed by atoms with Gasteiger partial charge in [0.25, 0.3) is 5.91 Å². The number of aliphatic hydroxyl groups excluding tert-OH is 1. The molecule has 1 amide bonds. The average molecular weight is 521 g/mol. The molecule has 8 nitrogen and oxygen atoms in total. The third-order valence-corrected chi connectivity index (χ3v) is 6.47. The monoisotopic (exact) mass is 520 g/mol. The first-order chi connectivity index (χ1) is 17.7. The van der Waals surface area contributed by atoms with Gasteiger partial charge in [0, 0.05) is 31.0 Å². The number of para-hydroxylation sites is 1. The first-order valence-electron chi connectivity index (χ1n) is 11.8. The fourth-order valence-electron chi connectivity index (χ4n) is 4.16. The predicted molar refractivity (Wildman–Crippen MR) is 150 cm³/mol. The van der Waals surface area contributed by atoms with E-state index in [0.717, 1.165) is 22.2 Å². The summed E-state index contributed by atoms with van der Waals surface area (Å²) in [6, 6.07) is 14.9. The van der Waals surface area contributed by atoms with E-state index in [4.69, 9.17) is 9.47 Å². The molecule has 0 saturated carbocycles. The minimum absolute atomic E-state index is 0.130. The number of hydrogen-bond acceptors (Lipinski definition) is 7. The molecule has 2 aromatic carbocycles. The molecule has 0 unspecified atom stereocenters. The van der Waals surface area contributed by atoms with Crippen molar-refractivity contribution >= 4 is 40.1 Å². The zero-order valence-corrected chi connectivity index (χ0v) is 22.7. The summed E-state index contributed by atoms with van der Waals surface area (Å²) in [5.74, 6) is 1.44. The Bertz CT molecular complexity index is 1440. The molecule has 0 aliphatic rings. The number of amides is 1. The van der Waals surface area contributed by atoms with Crippen LogP contribution in [0, 0.1) is 0 Å². The molecule has 0 bridgehead atoms. The molecular formula is C28H32N4O4S. The van der Waals surface area contributed by atoms with Crippen LogP contribution >= 0.6 is 11.9 Å². The van der Waals surface area contributed by atoms with E-state index in [0.29, 0.717) is 34.3 Å². The summed E-state index contributed by atoms with van der Waals surface area (Å²) >= 11 is 1.46. The number of carbonyl (C=O) groups is 1. The molecule has 194 valence electrons. The molecule has 0 radical (unpaired) electrons. The number of aryl methyl sites for hydroxylation is 1. The standard InChI is InChI=1S/C28H32N4O4S/c1-28(2,3)18-13-21(26(35-5)22(14-18)31-37-6)30-27(34)23-12-17-8-7-9-24(25(17)32(23)4)36-20-10-11-29-19(15-20)16-33/h7-15,31,33H,16H2,1-6H3,(H,30,34). The SMILES string of the molecule is COc1c(NSC)cc(C(C)(C)C)cc1NC(=O)c1cc2cccc(Oc3ccnc(CO)c3)c2n1C. The Morgan fingerprint density at radius 1 is 1.14 bits per heavy atom. The topological polar surface area (TPSA) is 97.6 Å². The number of methoxy groups -OCH3 is 1. The van der Waals surface area contributed by atoms with Gasteiger partial charge in [-0.2, -0.15) is 0 Å². The Hall–Kier alpha value is -3.69. The quantitative estimate of drug-likeness (QED) is 0.241. The minimum atomic E-state index is -0.268. The molecule has 0 aliphatic heterocycles. The highest BCUT2D eigenvalue weighted by Crippen LogP contribution is 2.40. The van der Waals surface area contributed by atoms with Crippen LogP contribution < -0.4 is 19.5 Å². The second-order valence-corrected chi connectivity index (χ2v) is 10.3. The smallest absolute Gasteiger partial charge is 0.272 e. The van der Waals surface area contributed by atoms with Crippen molar-refractivity contribution in [3.05, 3.63) is 71.7 Å².